The summed E-state index contributed by atoms with van der Waals surface area (Å²) < 4.78 is 5.32. The maximum Gasteiger partial charge on any atom is 0.242 e. The lowest BCUT2D eigenvalue weighted by molar-refractivity contribution is -0.113. The zero-order valence-electron chi connectivity index (χ0n) is 10.6. The normalized spacial score (nSPS) is 16.5. The van der Waals surface area contributed by atoms with Crippen LogP contribution < -0.4 is 10.6 Å². The van der Waals surface area contributed by atoms with Crippen LogP contribution in [0.3, 0.4) is 0 Å². The maximum atomic E-state index is 10.7. The van der Waals surface area contributed by atoms with Gasteiger partial charge >= 0.3 is 0 Å². The van der Waals surface area contributed by atoms with Crippen LogP contribution in [0.5, 0.6) is 0 Å². The summed E-state index contributed by atoms with van der Waals surface area (Å²) in [5, 5.41) is 0.451. The second-order valence-electron chi connectivity index (χ2n) is 4.44. The number of benzene rings is 1. The second-order valence-corrected chi connectivity index (χ2v) is 4.92. The Morgan fingerprint density at radius 3 is 2.53 bits per heavy atom. The van der Waals surface area contributed by atoms with Gasteiger partial charge in [0.2, 0.25) is 5.91 Å². The van der Waals surface area contributed by atoms with Gasteiger partial charge in [-0.15, -0.1) is 0 Å². The Morgan fingerprint density at radius 2 is 1.95 bits per heavy atom. The Bertz CT molecular complexity index is 465. The SMILES string of the molecule is NC(=O)/C=C(\Cl)Cc1ccc(N2CCOCC2)cc1. The number of amides is 1. The molecule has 0 radical (unpaired) electrons. The Morgan fingerprint density at radius 1 is 1.32 bits per heavy atom. The molecule has 0 aliphatic carbocycles. The van der Waals surface area contributed by atoms with Crippen LogP contribution >= 0.6 is 11.6 Å². The van der Waals surface area contributed by atoms with Crippen molar-refractivity contribution in [3.63, 3.8) is 0 Å². The molecule has 1 amide bonds. The van der Waals surface area contributed by atoms with Crippen molar-refractivity contribution in [2.75, 3.05) is 31.2 Å². The van der Waals surface area contributed by atoms with E-state index in [4.69, 9.17) is 22.1 Å². The molecule has 0 aromatic heterocycles. The van der Waals surface area contributed by atoms with E-state index < -0.39 is 5.91 Å². The lowest BCUT2D eigenvalue weighted by Gasteiger charge is -2.28. The Hall–Kier alpha value is -1.52. The quantitative estimate of drug-likeness (QED) is 0.854. The summed E-state index contributed by atoms with van der Waals surface area (Å²) in [5.41, 5.74) is 7.29. The van der Waals surface area contributed by atoms with E-state index in [0.29, 0.717) is 11.5 Å². The van der Waals surface area contributed by atoms with E-state index in [0.717, 1.165) is 31.9 Å². The minimum absolute atomic E-state index is 0.451. The van der Waals surface area contributed by atoms with E-state index in [1.807, 2.05) is 12.1 Å². The minimum atomic E-state index is -0.519. The number of carbonyl (C=O) groups is 1. The van der Waals surface area contributed by atoms with Crippen LogP contribution in [0.1, 0.15) is 5.56 Å². The fraction of sp³-hybridized carbons (Fsp3) is 0.357. The molecule has 0 spiro atoms. The summed E-state index contributed by atoms with van der Waals surface area (Å²) in [6.07, 6.45) is 1.77. The van der Waals surface area contributed by atoms with Gasteiger partial charge in [0, 0.05) is 36.3 Å². The van der Waals surface area contributed by atoms with E-state index in [9.17, 15) is 4.79 Å². The summed E-state index contributed by atoms with van der Waals surface area (Å²) in [6.45, 7) is 3.38. The molecule has 1 aliphatic heterocycles. The highest BCUT2D eigenvalue weighted by Crippen LogP contribution is 2.19. The molecule has 1 heterocycles. The third kappa shape index (κ3) is 4.26. The first-order valence-electron chi connectivity index (χ1n) is 6.22. The molecule has 1 aliphatic rings. The fourth-order valence-corrected chi connectivity index (χ4v) is 2.31. The number of ether oxygens (including phenoxy) is 1. The number of hydrogen-bond donors (Lipinski definition) is 1. The van der Waals surface area contributed by atoms with E-state index in [-0.39, 0.29) is 0 Å². The monoisotopic (exact) mass is 280 g/mol. The summed E-state index contributed by atoms with van der Waals surface area (Å²) >= 11 is 5.93. The number of rotatable bonds is 4. The number of carbonyl (C=O) groups excluding carboxylic acids is 1. The standard InChI is InChI=1S/C14H17ClN2O2/c15-12(10-14(16)18)9-11-1-3-13(4-2-11)17-5-7-19-8-6-17/h1-4,10H,5-9H2,(H2,16,18)/b12-10-. The highest BCUT2D eigenvalue weighted by atomic mass is 35.5. The highest BCUT2D eigenvalue weighted by Gasteiger charge is 2.10. The second kappa shape index (κ2) is 6.59. The molecule has 2 N–H and O–H groups in total. The minimum Gasteiger partial charge on any atom is -0.378 e. The number of nitrogens with two attached hydrogens (primary N) is 1. The van der Waals surface area contributed by atoms with Gasteiger partial charge in [0.15, 0.2) is 0 Å². The van der Waals surface area contributed by atoms with Crippen LogP contribution in [-0.2, 0) is 16.0 Å². The van der Waals surface area contributed by atoms with Crippen molar-refractivity contribution in [2.45, 2.75) is 6.42 Å². The molecular formula is C14H17ClN2O2. The lowest BCUT2D eigenvalue weighted by atomic mass is 10.1. The number of nitrogens with zero attached hydrogens (tertiary/aromatic N) is 1. The van der Waals surface area contributed by atoms with E-state index in [1.54, 1.807) is 0 Å². The number of hydrogen-bond acceptors (Lipinski definition) is 3. The molecule has 1 fully saturated rings. The Kier molecular flexibility index (Phi) is 4.82. The molecule has 0 bridgehead atoms. The van der Waals surface area contributed by atoms with Crippen LogP contribution in [0.2, 0.25) is 0 Å². The van der Waals surface area contributed by atoms with E-state index in [1.165, 1.54) is 11.8 Å². The van der Waals surface area contributed by atoms with Gasteiger partial charge in [-0.1, -0.05) is 23.7 Å². The maximum absolute atomic E-state index is 10.7. The molecule has 19 heavy (non-hydrogen) atoms. The fourth-order valence-electron chi connectivity index (χ4n) is 2.05. The number of primary amides is 1. The molecule has 1 aromatic carbocycles. The number of anilines is 1. The summed E-state index contributed by atoms with van der Waals surface area (Å²) in [5.74, 6) is -0.519. The average Bonchev–Trinajstić information content (AvgIpc) is 2.39. The number of allylic oxidation sites excluding steroid dienone is 1. The van der Waals surface area contributed by atoms with Gasteiger partial charge in [-0.25, -0.2) is 0 Å². The van der Waals surface area contributed by atoms with Gasteiger partial charge in [-0.3, -0.25) is 4.79 Å². The molecule has 4 nitrogen and oxygen atoms in total. The van der Waals surface area contributed by atoms with Crippen molar-refractivity contribution >= 4 is 23.2 Å². The lowest BCUT2D eigenvalue weighted by Crippen LogP contribution is -2.36. The average molecular weight is 281 g/mol. The number of morpholine rings is 1. The zero-order chi connectivity index (χ0) is 13.7. The summed E-state index contributed by atoms with van der Waals surface area (Å²) in [7, 11) is 0. The van der Waals surface area contributed by atoms with E-state index in [2.05, 4.69) is 17.0 Å². The van der Waals surface area contributed by atoms with Gasteiger partial charge in [-0.2, -0.15) is 0 Å². The third-order valence-electron chi connectivity index (χ3n) is 2.98. The van der Waals surface area contributed by atoms with Gasteiger partial charge in [-0.05, 0) is 17.7 Å². The summed E-state index contributed by atoms with van der Waals surface area (Å²) in [6, 6.07) is 8.16. The predicted molar refractivity (Wildman–Crippen MR) is 76.3 cm³/mol. The van der Waals surface area contributed by atoms with Crippen molar-refractivity contribution in [1.82, 2.24) is 0 Å². The van der Waals surface area contributed by atoms with Crippen molar-refractivity contribution in [2.24, 2.45) is 5.73 Å². The van der Waals surface area contributed by atoms with Crippen molar-refractivity contribution < 1.29 is 9.53 Å². The van der Waals surface area contributed by atoms with Crippen LogP contribution in [0.25, 0.3) is 0 Å². The molecule has 5 heteroatoms. The zero-order valence-corrected chi connectivity index (χ0v) is 11.4. The van der Waals surface area contributed by atoms with Gasteiger partial charge < -0.3 is 15.4 Å². The molecule has 0 saturated carbocycles. The molecule has 2 rings (SSSR count). The van der Waals surface area contributed by atoms with Gasteiger partial charge in [0.25, 0.3) is 0 Å². The smallest absolute Gasteiger partial charge is 0.242 e. The van der Waals surface area contributed by atoms with Crippen LogP contribution in [0, 0.1) is 0 Å². The van der Waals surface area contributed by atoms with Gasteiger partial charge in [0.1, 0.15) is 0 Å². The van der Waals surface area contributed by atoms with Crippen LogP contribution in [-0.4, -0.2) is 32.2 Å². The first-order valence-corrected chi connectivity index (χ1v) is 6.60. The first kappa shape index (κ1) is 13.9. The predicted octanol–water partition coefficient (Wildman–Crippen LogP) is 1.67. The van der Waals surface area contributed by atoms with Crippen LogP contribution in [0.15, 0.2) is 35.4 Å². The molecule has 0 unspecified atom stereocenters. The molecule has 1 aromatic rings. The van der Waals surface area contributed by atoms with Gasteiger partial charge in [0.05, 0.1) is 13.2 Å². The molecule has 0 atom stereocenters. The van der Waals surface area contributed by atoms with Crippen molar-refractivity contribution in [1.29, 1.82) is 0 Å². The van der Waals surface area contributed by atoms with Crippen LogP contribution in [0.4, 0.5) is 5.69 Å². The Balaban J connectivity index is 1.99. The molecule has 102 valence electrons. The first-order chi connectivity index (χ1) is 9.15. The van der Waals surface area contributed by atoms with Crippen molar-refractivity contribution in [3.8, 4) is 0 Å². The Labute approximate surface area is 117 Å². The third-order valence-corrected chi connectivity index (χ3v) is 3.23. The largest absolute Gasteiger partial charge is 0.378 e. The number of halogens is 1. The topological polar surface area (TPSA) is 55.6 Å². The molecular weight excluding hydrogens is 264 g/mol. The molecule has 1 saturated heterocycles. The summed E-state index contributed by atoms with van der Waals surface area (Å²) in [4.78, 5) is 13.0. The van der Waals surface area contributed by atoms with Crippen molar-refractivity contribution in [3.05, 3.63) is 40.9 Å². The van der Waals surface area contributed by atoms with E-state index >= 15 is 0 Å². The highest BCUT2D eigenvalue weighted by molar-refractivity contribution is 6.31.